The molecular formula is C25H51NO4. The van der Waals surface area contributed by atoms with E-state index >= 15 is 0 Å². The fourth-order valence-corrected chi connectivity index (χ4v) is 3.20. The lowest BCUT2D eigenvalue weighted by atomic mass is 9.78. The van der Waals surface area contributed by atoms with Gasteiger partial charge in [-0.25, -0.2) is 0 Å². The van der Waals surface area contributed by atoms with Gasteiger partial charge in [0, 0.05) is 18.6 Å². The minimum Gasteiger partial charge on any atom is -0.380 e. The van der Waals surface area contributed by atoms with Crippen LogP contribution in [0.25, 0.3) is 0 Å². The number of hydrogen-bond acceptors (Lipinski definition) is 5. The monoisotopic (exact) mass is 429 g/mol. The lowest BCUT2D eigenvalue weighted by Gasteiger charge is -2.32. The summed E-state index contributed by atoms with van der Waals surface area (Å²) in [5.41, 5.74) is -0.883. The van der Waals surface area contributed by atoms with Crippen LogP contribution >= 0.6 is 0 Å². The van der Waals surface area contributed by atoms with Crippen molar-refractivity contribution in [2.45, 2.75) is 111 Å². The molecule has 0 amide bonds. The van der Waals surface area contributed by atoms with Gasteiger partial charge in [-0.15, -0.1) is 0 Å². The van der Waals surface area contributed by atoms with E-state index in [9.17, 15) is 4.79 Å². The third kappa shape index (κ3) is 13.7. The molecule has 0 rings (SSSR count). The quantitative estimate of drug-likeness (QED) is 0.257. The maximum Gasteiger partial charge on any atom is 0.164 e. The molecule has 1 atom stereocenters. The van der Waals surface area contributed by atoms with E-state index in [1.807, 2.05) is 20.9 Å². The van der Waals surface area contributed by atoms with Gasteiger partial charge < -0.3 is 19.5 Å². The smallest absolute Gasteiger partial charge is 0.164 e. The van der Waals surface area contributed by atoms with Crippen LogP contribution < -0.4 is 5.32 Å². The summed E-state index contributed by atoms with van der Waals surface area (Å²) in [4.78, 5) is 12.9. The van der Waals surface area contributed by atoms with Crippen LogP contribution in [0.5, 0.6) is 0 Å². The van der Waals surface area contributed by atoms with E-state index in [-0.39, 0.29) is 29.0 Å². The molecule has 0 bridgehead atoms. The average molecular weight is 430 g/mol. The molecule has 180 valence electrons. The minimum absolute atomic E-state index is 0.188. The molecule has 5 nitrogen and oxygen atoms in total. The van der Waals surface area contributed by atoms with Gasteiger partial charge in [0.15, 0.2) is 5.78 Å². The molecule has 0 heterocycles. The van der Waals surface area contributed by atoms with Crippen LogP contribution in [0.2, 0.25) is 0 Å². The van der Waals surface area contributed by atoms with Gasteiger partial charge in [0.2, 0.25) is 0 Å². The van der Waals surface area contributed by atoms with Crippen LogP contribution in [0.1, 0.15) is 99.8 Å². The van der Waals surface area contributed by atoms with Crippen molar-refractivity contribution < 1.29 is 19.0 Å². The van der Waals surface area contributed by atoms with Crippen molar-refractivity contribution in [1.82, 2.24) is 5.32 Å². The molecule has 30 heavy (non-hydrogen) atoms. The summed E-state index contributed by atoms with van der Waals surface area (Å²) in [5.74, 6) is 0.231. The van der Waals surface area contributed by atoms with Crippen molar-refractivity contribution in [3.8, 4) is 0 Å². The van der Waals surface area contributed by atoms with E-state index in [0.29, 0.717) is 13.2 Å². The predicted molar refractivity (Wildman–Crippen MR) is 126 cm³/mol. The Kier molecular flexibility index (Phi) is 15.1. The highest BCUT2D eigenvalue weighted by molar-refractivity contribution is 5.85. The van der Waals surface area contributed by atoms with Crippen molar-refractivity contribution in [3.63, 3.8) is 0 Å². The number of carbonyl (C=O) groups is 1. The van der Waals surface area contributed by atoms with E-state index in [4.69, 9.17) is 14.2 Å². The summed E-state index contributed by atoms with van der Waals surface area (Å²) in [5, 5.41) is 3.07. The largest absolute Gasteiger partial charge is 0.380 e. The zero-order chi connectivity index (χ0) is 23.1. The Morgan fingerprint density at radius 2 is 1.43 bits per heavy atom. The maximum absolute atomic E-state index is 12.9. The average Bonchev–Trinajstić information content (AvgIpc) is 2.68. The zero-order valence-corrected chi connectivity index (χ0v) is 21.3. The van der Waals surface area contributed by atoms with Gasteiger partial charge in [-0.2, -0.15) is 0 Å². The van der Waals surface area contributed by atoms with E-state index in [2.05, 4.69) is 39.9 Å². The molecule has 0 spiro atoms. The Morgan fingerprint density at radius 3 is 2.03 bits per heavy atom. The lowest BCUT2D eigenvalue weighted by Crippen LogP contribution is -2.36. The summed E-state index contributed by atoms with van der Waals surface area (Å²) < 4.78 is 17.7. The number of likely N-dealkylation sites (N-methyl/N-ethyl adjacent to an activating group) is 1. The second-order valence-electron chi connectivity index (χ2n) is 10.0. The topological polar surface area (TPSA) is 56.8 Å². The highest BCUT2D eigenvalue weighted by atomic mass is 16.5. The Bertz CT molecular complexity index is 450. The molecule has 5 heteroatoms. The lowest BCUT2D eigenvalue weighted by molar-refractivity contribution is -0.141. The number of nitrogens with one attached hydrogen (secondary N) is 1. The maximum atomic E-state index is 12.9. The van der Waals surface area contributed by atoms with Crippen LogP contribution in [0, 0.1) is 5.41 Å². The Labute approximate surface area is 187 Å². The van der Waals surface area contributed by atoms with Crippen molar-refractivity contribution in [2.24, 2.45) is 5.41 Å². The first-order chi connectivity index (χ1) is 14.0. The minimum atomic E-state index is -0.383. The highest BCUT2D eigenvalue weighted by Crippen LogP contribution is 2.31. The molecule has 0 aliphatic heterocycles. The van der Waals surface area contributed by atoms with E-state index in [0.717, 1.165) is 45.3 Å². The first-order valence-electron chi connectivity index (χ1n) is 12.1. The number of carbonyl (C=O) groups excluding carboxylic acids is 1. The van der Waals surface area contributed by atoms with Crippen LogP contribution in [-0.2, 0) is 19.0 Å². The van der Waals surface area contributed by atoms with Gasteiger partial charge in [-0.3, -0.25) is 4.79 Å². The summed E-state index contributed by atoms with van der Waals surface area (Å²) in [6, 6.07) is 0. The molecule has 0 fully saturated rings. The third-order valence-electron chi connectivity index (χ3n) is 6.17. The predicted octanol–water partition coefficient (Wildman–Crippen LogP) is 5.55. The molecule has 0 aliphatic carbocycles. The summed E-state index contributed by atoms with van der Waals surface area (Å²) in [7, 11) is 1.92. The van der Waals surface area contributed by atoms with Gasteiger partial charge in [0.1, 0.15) is 6.61 Å². The molecule has 0 saturated heterocycles. The normalized spacial score (nSPS) is 14.7. The van der Waals surface area contributed by atoms with Crippen molar-refractivity contribution in [3.05, 3.63) is 0 Å². The fraction of sp³-hybridized carbons (Fsp3) is 0.960. The van der Waals surface area contributed by atoms with Crippen molar-refractivity contribution >= 4 is 5.78 Å². The van der Waals surface area contributed by atoms with Crippen LogP contribution in [0.3, 0.4) is 0 Å². The van der Waals surface area contributed by atoms with Gasteiger partial charge >= 0.3 is 0 Å². The molecule has 0 aromatic carbocycles. The van der Waals surface area contributed by atoms with Gasteiger partial charge in [-0.1, -0.05) is 46.5 Å². The number of ketones is 1. The second kappa shape index (κ2) is 15.3. The Morgan fingerprint density at radius 1 is 0.800 bits per heavy atom. The standard InChI is InChI=1S/C25H51NO4/c1-9-11-12-13-14-25(7,10-2)22(27)21-30-24(5,6)16-19-29-23(3,4)15-18-28-20-17-26-8/h26H,9-21H2,1-8H3. The number of rotatable bonds is 20. The SMILES string of the molecule is CCCCCCC(C)(CC)C(=O)COC(C)(C)CCOC(C)(C)CCOCCNC. The third-order valence-corrected chi connectivity index (χ3v) is 6.17. The van der Waals surface area contributed by atoms with Crippen molar-refractivity contribution in [1.29, 1.82) is 0 Å². The fourth-order valence-electron chi connectivity index (χ4n) is 3.20. The van der Waals surface area contributed by atoms with Gasteiger partial charge in [-0.05, 0) is 60.4 Å². The molecule has 0 aromatic heterocycles. The molecule has 1 unspecified atom stereocenters. The Balaban J connectivity index is 4.29. The summed E-state index contributed by atoms with van der Waals surface area (Å²) >= 11 is 0. The van der Waals surface area contributed by atoms with Crippen molar-refractivity contribution in [2.75, 3.05) is 40.0 Å². The van der Waals surface area contributed by atoms with Gasteiger partial charge in [0.05, 0.1) is 24.4 Å². The van der Waals surface area contributed by atoms with Crippen LogP contribution in [-0.4, -0.2) is 57.0 Å². The molecule has 0 radical (unpaired) electrons. The molecule has 0 aliphatic rings. The summed E-state index contributed by atoms with van der Waals surface area (Å²) in [6.07, 6.45) is 8.23. The zero-order valence-electron chi connectivity index (χ0n) is 21.3. The second-order valence-corrected chi connectivity index (χ2v) is 10.0. The molecule has 1 N–H and O–H groups in total. The van der Waals surface area contributed by atoms with E-state index in [1.54, 1.807) is 0 Å². The van der Waals surface area contributed by atoms with E-state index in [1.165, 1.54) is 19.3 Å². The van der Waals surface area contributed by atoms with Crippen LogP contribution in [0.4, 0.5) is 0 Å². The van der Waals surface area contributed by atoms with E-state index < -0.39 is 0 Å². The molecule has 0 saturated carbocycles. The number of hydrogen-bond donors (Lipinski definition) is 1. The first-order valence-corrected chi connectivity index (χ1v) is 12.1. The molecular weight excluding hydrogens is 378 g/mol. The molecule has 0 aromatic rings. The highest BCUT2D eigenvalue weighted by Gasteiger charge is 2.32. The number of ether oxygens (including phenoxy) is 3. The summed E-state index contributed by atoms with van der Waals surface area (Å²) in [6.45, 7) is 17.8. The van der Waals surface area contributed by atoms with Gasteiger partial charge in [0.25, 0.3) is 0 Å². The first kappa shape index (κ1) is 29.5. The van der Waals surface area contributed by atoms with Crippen LogP contribution in [0.15, 0.2) is 0 Å². The Hall–Kier alpha value is -0.490. The number of Topliss-reactive ketones (excluding diaryl/α,β-unsaturated/α-hetero) is 1. The number of unbranched alkanes of at least 4 members (excludes halogenated alkanes) is 3.